The van der Waals surface area contributed by atoms with E-state index in [-0.39, 0.29) is 51.7 Å². The SMILES string of the molecule is C[C@@H]1CC[C@@H](Nc2ncc3nc(Nc4c(F)cc(Cl)cc4Cl)n(C4CCC(C(N)=O)CC4)c3n2)CC1O. The fourth-order valence-electron chi connectivity index (χ4n) is 5.40. The zero-order chi connectivity index (χ0) is 26.3. The third kappa shape index (κ3) is 5.46. The maximum absolute atomic E-state index is 14.8. The van der Waals surface area contributed by atoms with E-state index in [0.717, 1.165) is 12.8 Å². The lowest BCUT2D eigenvalue weighted by Crippen LogP contribution is -2.35. The molecule has 2 aromatic heterocycles. The number of anilines is 3. The summed E-state index contributed by atoms with van der Waals surface area (Å²) in [4.78, 5) is 25.6. The number of hydrogen-bond donors (Lipinski definition) is 4. The predicted octanol–water partition coefficient (Wildman–Crippen LogP) is 5.19. The number of fused-ring (bicyclic) bond motifs is 1. The maximum Gasteiger partial charge on any atom is 0.224 e. The molecule has 5 rings (SSSR count). The smallest absolute Gasteiger partial charge is 0.224 e. The van der Waals surface area contributed by atoms with Crippen LogP contribution in [0.4, 0.5) is 22.0 Å². The Morgan fingerprint density at radius 2 is 1.92 bits per heavy atom. The maximum atomic E-state index is 14.8. The molecule has 2 fully saturated rings. The van der Waals surface area contributed by atoms with Gasteiger partial charge in [0.1, 0.15) is 11.3 Å². The first-order chi connectivity index (χ1) is 17.7. The summed E-state index contributed by atoms with van der Waals surface area (Å²) in [7, 11) is 0. The molecule has 0 aliphatic heterocycles. The fourth-order valence-corrected chi connectivity index (χ4v) is 5.91. The fraction of sp³-hybridized carbons (Fsp3) is 0.520. The highest BCUT2D eigenvalue weighted by atomic mass is 35.5. The number of nitrogens with zero attached hydrogens (tertiary/aromatic N) is 4. The van der Waals surface area contributed by atoms with Crippen molar-refractivity contribution in [1.82, 2.24) is 19.5 Å². The average Bonchev–Trinajstić information content (AvgIpc) is 3.21. The Morgan fingerprint density at radius 3 is 2.59 bits per heavy atom. The van der Waals surface area contributed by atoms with Gasteiger partial charge in [0.05, 0.1) is 23.0 Å². The standard InChI is InChI=1S/C25H30Cl2FN7O2/c1-12-2-5-15(10-20(12)36)31-24-30-11-19-23(34-24)35(16-6-3-13(4-7-16)22(29)37)25(32-19)33-21-17(27)8-14(26)9-18(21)28/h8-9,11-13,15-16,20,36H,2-7,10H2,1H3,(H2,29,37)(H,32,33)(H,30,31,34)/t12-,13?,15-,16?,20?/m1/s1. The van der Waals surface area contributed by atoms with Gasteiger partial charge in [-0.2, -0.15) is 4.98 Å². The first kappa shape index (κ1) is 25.9. The number of imidazole rings is 1. The number of rotatable bonds is 6. The molecule has 2 saturated carbocycles. The summed E-state index contributed by atoms with van der Waals surface area (Å²) in [5.41, 5.74) is 6.72. The van der Waals surface area contributed by atoms with Gasteiger partial charge in [-0.3, -0.25) is 9.36 Å². The zero-order valence-corrected chi connectivity index (χ0v) is 21.9. The van der Waals surface area contributed by atoms with Gasteiger partial charge >= 0.3 is 0 Å². The van der Waals surface area contributed by atoms with E-state index in [2.05, 4.69) is 27.5 Å². The van der Waals surface area contributed by atoms with Crippen LogP contribution >= 0.6 is 23.2 Å². The number of halogens is 3. The largest absolute Gasteiger partial charge is 0.393 e. The van der Waals surface area contributed by atoms with Crippen LogP contribution in [0.5, 0.6) is 0 Å². The van der Waals surface area contributed by atoms with Gasteiger partial charge in [0.25, 0.3) is 0 Å². The molecule has 2 heterocycles. The summed E-state index contributed by atoms with van der Waals surface area (Å²) in [5.74, 6) is 0.0133. The number of aliphatic hydroxyl groups excluding tert-OH is 1. The summed E-state index contributed by atoms with van der Waals surface area (Å²) in [6.07, 6.45) is 6.38. The van der Waals surface area contributed by atoms with Crippen molar-refractivity contribution in [1.29, 1.82) is 0 Å². The van der Waals surface area contributed by atoms with Crippen molar-refractivity contribution in [2.75, 3.05) is 10.6 Å². The third-order valence-corrected chi connectivity index (χ3v) is 8.14. The lowest BCUT2D eigenvalue weighted by molar-refractivity contribution is -0.122. The summed E-state index contributed by atoms with van der Waals surface area (Å²) in [6.45, 7) is 2.05. The van der Waals surface area contributed by atoms with Crippen LogP contribution in [0.15, 0.2) is 18.3 Å². The van der Waals surface area contributed by atoms with Gasteiger partial charge in [0.2, 0.25) is 17.8 Å². The van der Waals surface area contributed by atoms with Gasteiger partial charge in [-0.1, -0.05) is 30.1 Å². The third-order valence-electron chi connectivity index (χ3n) is 7.63. The van der Waals surface area contributed by atoms with E-state index in [0.29, 0.717) is 55.2 Å². The van der Waals surface area contributed by atoms with Crippen LogP contribution in [0.2, 0.25) is 10.0 Å². The van der Waals surface area contributed by atoms with E-state index in [1.807, 2.05) is 4.57 Å². The number of hydrogen-bond acceptors (Lipinski definition) is 7. The average molecular weight is 550 g/mol. The minimum atomic E-state index is -0.605. The monoisotopic (exact) mass is 549 g/mol. The molecule has 0 radical (unpaired) electrons. The van der Waals surface area contributed by atoms with Crippen LogP contribution in [0.3, 0.4) is 0 Å². The number of amides is 1. The Morgan fingerprint density at radius 1 is 1.16 bits per heavy atom. The predicted molar refractivity (Wildman–Crippen MR) is 142 cm³/mol. The zero-order valence-electron chi connectivity index (χ0n) is 20.4. The van der Waals surface area contributed by atoms with Crippen molar-refractivity contribution in [3.63, 3.8) is 0 Å². The normalized spacial score (nSPS) is 26.2. The topological polar surface area (TPSA) is 131 Å². The van der Waals surface area contributed by atoms with Crippen LogP contribution < -0.4 is 16.4 Å². The van der Waals surface area contributed by atoms with Crippen molar-refractivity contribution in [3.05, 3.63) is 34.2 Å². The Kier molecular flexibility index (Phi) is 7.42. The molecule has 3 aromatic rings. The molecule has 9 nitrogen and oxygen atoms in total. The highest BCUT2D eigenvalue weighted by molar-refractivity contribution is 6.36. The molecule has 198 valence electrons. The second-order valence-corrected chi connectivity index (χ2v) is 11.0. The molecular formula is C25H30Cl2FN7O2. The molecule has 0 saturated heterocycles. The molecule has 0 spiro atoms. The van der Waals surface area contributed by atoms with Crippen LogP contribution in [-0.2, 0) is 4.79 Å². The number of aliphatic hydroxyl groups is 1. The Hall–Kier alpha value is -2.69. The van der Waals surface area contributed by atoms with Crippen LogP contribution in [0.25, 0.3) is 11.2 Å². The molecule has 2 aliphatic carbocycles. The summed E-state index contributed by atoms with van der Waals surface area (Å²) in [6, 6.07) is 2.66. The van der Waals surface area contributed by atoms with Crippen molar-refractivity contribution in [3.8, 4) is 0 Å². The number of primary amides is 1. The number of carbonyl (C=O) groups is 1. The second-order valence-electron chi connectivity index (χ2n) is 10.2. The van der Waals surface area contributed by atoms with Gasteiger partial charge in [-0.15, -0.1) is 0 Å². The van der Waals surface area contributed by atoms with Gasteiger partial charge in [0.15, 0.2) is 5.65 Å². The van der Waals surface area contributed by atoms with Crippen molar-refractivity contribution in [2.24, 2.45) is 17.6 Å². The van der Waals surface area contributed by atoms with Gasteiger partial charge in [-0.25, -0.2) is 14.4 Å². The minimum absolute atomic E-state index is 0.0441. The van der Waals surface area contributed by atoms with Crippen LogP contribution in [0, 0.1) is 17.7 Å². The lowest BCUT2D eigenvalue weighted by Gasteiger charge is -2.31. The molecule has 1 amide bonds. The molecule has 3 atom stereocenters. The minimum Gasteiger partial charge on any atom is -0.393 e. The number of nitrogens with one attached hydrogen (secondary N) is 2. The highest BCUT2D eigenvalue weighted by Crippen LogP contribution is 2.39. The quantitative estimate of drug-likeness (QED) is 0.332. The summed E-state index contributed by atoms with van der Waals surface area (Å²) in [5, 5.41) is 17.0. The molecule has 2 aliphatic rings. The first-order valence-electron chi connectivity index (χ1n) is 12.6. The molecule has 12 heteroatoms. The van der Waals surface area contributed by atoms with E-state index < -0.39 is 5.82 Å². The van der Waals surface area contributed by atoms with Crippen LogP contribution in [0.1, 0.15) is 57.9 Å². The molecule has 37 heavy (non-hydrogen) atoms. The van der Waals surface area contributed by atoms with E-state index in [1.165, 1.54) is 12.1 Å². The Labute approximate surface area is 224 Å². The number of carbonyl (C=O) groups excluding carboxylic acids is 1. The number of aromatic nitrogens is 4. The van der Waals surface area contributed by atoms with Crippen LogP contribution in [-0.4, -0.2) is 42.7 Å². The van der Waals surface area contributed by atoms with Crippen molar-refractivity contribution < 1.29 is 14.3 Å². The number of benzene rings is 1. The van der Waals surface area contributed by atoms with E-state index >= 15 is 0 Å². The first-order valence-corrected chi connectivity index (χ1v) is 13.4. The van der Waals surface area contributed by atoms with Gasteiger partial charge in [-0.05, 0) is 63.0 Å². The highest BCUT2D eigenvalue weighted by Gasteiger charge is 2.30. The summed E-state index contributed by atoms with van der Waals surface area (Å²) < 4.78 is 16.7. The Balaban J connectivity index is 1.50. The number of nitrogens with two attached hydrogens (primary N) is 1. The van der Waals surface area contributed by atoms with E-state index in [9.17, 15) is 14.3 Å². The van der Waals surface area contributed by atoms with E-state index in [1.54, 1.807) is 6.20 Å². The molecule has 5 N–H and O–H groups in total. The van der Waals surface area contributed by atoms with E-state index in [4.69, 9.17) is 33.9 Å². The second kappa shape index (κ2) is 10.6. The molecular weight excluding hydrogens is 520 g/mol. The van der Waals surface area contributed by atoms with Crippen molar-refractivity contribution >= 4 is 57.9 Å². The Bertz CT molecular complexity index is 1290. The summed E-state index contributed by atoms with van der Waals surface area (Å²) >= 11 is 12.2. The van der Waals surface area contributed by atoms with Gasteiger partial charge < -0.3 is 21.5 Å². The lowest BCUT2D eigenvalue weighted by atomic mass is 9.85. The van der Waals surface area contributed by atoms with Crippen molar-refractivity contribution in [2.45, 2.75) is 70.1 Å². The molecule has 1 aromatic carbocycles. The molecule has 1 unspecified atom stereocenters. The molecule has 0 bridgehead atoms. The van der Waals surface area contributed by atoms with Gasteiger partial charge in [0, 0.05) is 23.0 Å².